The Labute approximate surface area is 172 Å². The van der Waals surface area contributed by atoms with Crippen LogP contribution in [0.15, 0.2) is 24.4 Å². The van der Waals surface area contributed by atoms with Crippen molar-refractivity contribution >= 4 is 17.1 Å². The number of hydrogen-bond donors (Lipinski definition) is 0. The highest BCUT2D eigenvalue weighted by Crippen LogP contribution is 2.24. The molecule has 0 aliphatic carbocycles. The third-order valence-electron chi connectivity index (χ3n) is 4.80. The van der Waals surface area contributed by atoms with Crippen LogP contribution in [0.4, 0.5) is 4.79 Å². The molecule has 29 heavy (non-hydrogen) atoms. The van der Waals surface area contributed by atoms with Crippen LogP contribution in [0.1, 0.15) is 45.7 Å². The maximum atomic E-state index is 12.1. The molecule has 1 fully saturated rings. The number of rotatable bonds is 7. The Morgan fingerprint density at radius 2 is 2.14 bits per heavy atom. The molecule has 1 amide bonds. The highest BCUT2D eigenvalue weighted by molar-refractivity contribution is 5.81. The minimum absolute atomic E-state index is 0.0885. The first kappa shape index (κ1) is 21.3. The van der Waals surface area contributed by atoms with E-state index in [0.717, 1.165) is 42.5 Å². The lowest BCUT2D eigenvalue weighted by Crippen LogP contribution is -2.36. The number of amides is 1. The molecule has 3 heterocycles. The van der Waals surface area contributed by atoms with Crippen molar-refractivity contribution in [2.45, 2.75) is 58.2 Å². The average Bonchev–Trinajstić information content (AvgIpc) is 3.15. The SMILES string of the molecule is COc1cc(CCCCO[C@@H]2CCN(C(=O)OC(C)(C)C)C2)nc2ncccc12. The summed E-state index contributed by atoms with van der Waals surface area (Å²) >= 11 is 0. The van der Waals surface area contributed by atoms with Gasteiger partial charge in [-0.2, -0.15) is 0 Å². The van der Waals surface area contributed by atoms with Crippen molar-refractivity contribution < 1.29 is 19.0 Å². The van der Waals surface area contributed by atoms with Crippen molar-refractivity contribution in [1.29, 1.82) is 0 Å². The van der Waals surface area contributed by atoms with E-state index in [1.54, 1.807) is 18.2 Å². The molecule has 3 rings (SSSR count). The molecule has 0 spiro atoms. The van der Waals surface area contributed by atoms with Gasteiger partial charge >= 0.3 is 6.09 Å². The zero-order valence-corrected chi connectivity index (χ0v) is 17.8. The molecule has 1 saturated heterocycles. The summed E-state index contributed by atoms with van der Waals surface area (Å²) in [6.45, 7) is 7.61. The number of methoxy groups -OCH3 is 1. The fraction of sp³-hybridized carbons (Fsp3) is 0.591. The molecule has 2 aromatic rings. The van der Waals surface area contributed by atoms with Crippen molar-refractivity contribution in [3.05, 3.63) is 30.1 Å². The first-order chi connectivity index (χ1) is 13.9. The predicted octanol–water partition coefficient (Wildman–Crippen LogP) is 3.99. The fourth-order valence-corrected chi connectivity index (χ4v) is 3.39. The smallest absolute Gasteiger partial charge is 0.410 e. The average molecular weight is 402 g/mol. The molecule has 158 valence electrons. The summed E-state index contributed by atoms with van der Waals surface area (Å²) in [5.41, 5.74) is 1.22. The Morgan fingerprint density at radius 1 is 1.31 bits per heavy atom. The highest BCUT2D eigenvalue weighted by Gasteiger charge is 2.30. The molecule has 7 nitrogen and oxygen atoms in total. The summed E-state index contributed by atoms with van der Waals surface area (Å²) in [6.07, 6.45) is 5.19. The van der Waals surface area contributed by atoms with Gasteiger partial charge in [0.2, 0.25) is 0 Å². The lowest BCUT2D eigenvalue weighted by atomic mass is 10.1. The van der Waals surface area contributed by atoms with Gasteiger partial charge in [-0.3, -0.25) is 0 Å². The van der Waals surface area contributed by atoms with E-state index in [4.69, 9.17) is 14.2 Å². The van der Waals surface area contributed by atoms with Crippen molar-refractivity contribution in [3.8, 4) is 5.75 Å². The summed E-state index contributed by atoms with van der Waals surface area (Å²) in [6, 6.07) is 5.84. The van der Waals surface area contributed by atoms with Gasteiger partial charge in [-0.05, 0) is 58.6 Å². The van der Waals surface area contributed by atoms with Crippen LogP contribution in [0.3, 0.4) is 0 Å². The van der Waals surface area contributed by atoms with Crippen LogP contribution in [-0.4, -0.2) is 59.5 Å². The van der Waals surface area contributed by atoms with Gasteiger partial charge < -0.3 is 19.1 Å². The Kier molecular flexibility index (Phi) is 6.90. The van der Waals surface area contributed by atoms with Gasteiger partial charge in [0.15, 0.2) is 5.65 Å². The number of hydrogen-bond acceptors (Lipinski definition) is 6. The van der Waals surface area contributed by atoms with E-state index in [-0.39, 0.29) is 12.2 Å². The number of pyridine rings is 2. The Bertz CT molecular complexity index is 834. The molecular formula is C22H31N3O4. The van der Waals surface area contributed by atoms with Crippen LogP contribution < -0.4 is 4.74 Å². The summed E-state index contributed by atoms with van der Waals surface area (Å²) in [4.78, 5) is 22.8. The molecule has 1 atom stereocenters. The van der Waals surface area contributed by atoms with Gasteiger partial charge in [-0.25, -0.2) is 14.8 Å². The van der Waals surface area contributed by atoms with E-state index in [2.05, 4.69) is 9.97 Å². The van der Waals surface area contributed by atoms with Crippen molar-refractivity contribution in [2.75, 3.05) is 26.8 Å². The number of fused-ring (bicyclic) bond motifs is 1. The van der Waals surface area contributed by atoms with E-state index < -0.39 is 5.60 Å². The van der Waals surface area contributed by atoms with Crippen LogP contribution in [0.25, 0.3) is 11.0 Å². The lowest BCUT2D eigenvalue weighted by Gasteiger charge is -2.24. The monoisotopic (exact) mass is 401 g/mol. The van der Waals surface area contributed by atoms with E-state index >= 15 is 0 Å². The third kappa shape index (κ3) is 6.03. The first-order valence-electron chi connectivity index (χ1n) is 10.2. The number of unbranched alkanes of at least 4 members (excludes halogenated alkanes) is 1. The Hall–Kier alpha value is -2.41. The summed E-state index contributed by atoms with van der Waals surface area (Å²) in [5, 5.41) is 0.929. The summed E-state index contributed by atoms with van der Waals surface area (Å²) < 4.78 is 16.9. The molecule has 1 aliphatic rings. The second-order valence-electron chi connectivity index (χ2n) is 8.36. The fourth-order valence-electron chi connectivity index (χ4n) is 3.39. The second-order valence-corrected chi connectivity index (χ2v) is 8.36. The van der Waals surface area contributed by atoms with Gasteiger partial charge in [-0.1, -0.05) is 0 Å². The molecule has 0 bridgehead atoms. The third-order valence-corrected chi connectivity index (χ3v) is 4.80. The normalized spacial score (nSPS) is 17.0. The zero-order valence-electron chi connectivity index (χ0n) is 17.8. The Morgan fingerprint density at radius 3 is 2.90 bits per heavy atom. The van der Waals surface area contributed by atoms with Crippen LogP contribution in [0.2, 0.25) is 0 Å². The molecule has 2 aromatic heterocycles. The molecular weight excluding hydrogens is 370 g/mol. The summed E-state index contributed by atoms with van der Waals surface area (Å²) in [7, 11) is 1.67. The molecule has 7 heteroatoms. The molecule has 0 unspecified atom stereocenters. The van der Waals surface area contributed by atoms with Gasteiger partial charge in [0, 0.05) is 31.1 Å². The quantitative estimate of drug-likeness (QED) is 0.653. The number of ether oxygens (including phenoxy) is 3. The summed E-state index contributed by atoms with van der Waals surface area (Å²) in [5.74, 6) is 0.808. The van der Waals surface area contributed by atoms with Crippen LogP contribution >= 0.6 is 0 Å². The van der Waals surface area contributed by atoms with Crippen molar-refractivity contribution in [1.82, 2.24) is 14.9 Å². The highest BCUT2D eigenvalue weighted by atomic mass is 16.6. The first-order valence-corrected chi connectivity index (χ1v) is 10.2. The predicted molar refractivity (Wildman–Crippen MR) is 111 cm³/mol. The molecule has 0 N–H and O–H groups in total. The van der Waals surface area contributed by atoms with E-state index in [9.17, 15) is 4.79 Å². The molecule has 0 radical (unpaired) electrons. The van der Waals surface area contributed by atoms with Gasteiger partial charge in [0.1, 0.15) is 11.4 Å². The number of carbonyl (C=O) groups is 1. The maximum Gasteiger partial charge on any atom is 0.410 e. The van der Waals surface area contributed by atoms with E-state index in [0.29, 0.717) is 25.3 Å². The van der Waals surface area contributed by atoms with Gasteiger partial charge in [0.05, 0.1) is 25.1 Å². The molecule has 1 aliphatic heterocycles. The van der Waals surface area contributed by atoms with Gasteiger partial charge in [0.25, 0.3) is 0 Å². The van der Waals surface area contributed by atoms with Crippen molar-refractivity contribution in [2.24, 2.45) is 0 Å². The van der Waals surface area contributed by atoms with Crippen LogP contribution in [0.5, 0.6) is 5.75 Å². The number of carbonyl (C=O) groups excluding carboxylic acids is 1. The minimum Gasteiger partial charge on any atom is -0.496 e. The van der Waals surface area contributed by atoms with E-state index in [1.165, 1.54) is 0 Å². The second kappa shape index (κ2) is 9.39. The lowest BCUT2D eigenvalue weighted by molar-refractivity contribution is 0.0207. The molecule has 0 aromatic carbocycles. The number of likely N-dealkylation sites (tertiary alicyclic amines) is 1. The topological polar surface area (TPSA) is 73.8 Å². The Balaban J connectivity index is 1.40. The van der Waals surface area contributed by atoms with Crippen molar-refractivity contribution in [3.63, 3.8) is 0 Å². The number of aryl methyl sites for hydroxylation is 1. The van der Waals surface area contributed by atoms with Crippen LogP contribution in [0, 0.1) is 0 Å². The van der Waals surface area contributed by atoms with Crippen LogP contribution in [-0.2, 0) is 15.9 Å². The minimum atomic E-state index is -0.467. The van der Waals surface area contributed by atoms with E-state index in [1.807, 2.05) is 39.0 Å². The molecule has 0 saturated carbocycles. The zero-order chi connectivity index (χ0) is 20.9. The standard InChI is InChI=1S/C22H31N3O4/c1-22(2,3)29-21(26)25-12-10-17(15-25)28-13-6-5-8-16-14-19(27-4)18-9-7-11-23-20(18)24-16/h7,9,11,14,17H,5-6,8,10,12-13,15H2,1-4H3/t17-/m1/s1. The van der Waals surface area contributed by atoms with Gasteiger partial charge in [-0.15, -0.1) is 0 Å². The maximum absolute atomic E-state index is 12.1. The largest absolute Gasteiger partial charge is 0.496 e. The number of aromatic nitrogens is 2. The number of nitrogens with zero attached hydrogens (tertiary/aromatic N) is 3.